The zero-order valence-electron chi connectivity index (χ0n) is 10.6. The molecule has 1 unspecified atom stereocenters. The van der Waals surface area contributed by atoms with Crippen LogP contribution in [0.1, 0.15) is 11.7 Å². The third kappa shape index (κ3) is 2.85. The number of anilines is 1. The molecule has 19 heavy (non-hydrogen) atoms. The summed E-state index contributed by atoms with van der Waals surface area (Å²) in [6.45, 7) is 1.39. The second-order valence-electron chi connectivity index (χ2n) is 4.26. The number of ether oxygens (including phenoxy) is 1. The number of nitrogens with one attached hydrogen (secondary N) is 1. The van der Waals surface area contributed by atoms with E-state index in [-0.39, 0.29) is 12.5 Å². The van der Waals surface area contributed by atoms with E-state index in [1.54, 1.807) is 24.3 Å². The molecule has 0 bridgehead atoms. The molecule has 2 rings (SSSR count). The number of carbonyl (C=O) groups excluding carboxylic acids is 2. The molecule has 1 amide bonds. The molecular formula is C13H16N2O4. The number of carbonyl (C=O) groups is 2. The SMILES string of the molecule is COC(=O)C(O)c1ccccc1N1CCNC(=O)C1. The summed E-state index contributed by atoms with van der Waals surface area (Å²) in [5.41, 5.74) is 1.12. The molecule has 0 spiro atoms. The van der Waals surface area contributed by atoms with Crippen molar-refractivity contribution in [3.63, 3.8) is 0 Å². The van der Waals surface area contributed by atoms with Crippen molar-refractivity contribution >= 4 is 17.6 Å². The van der Waals surface area contributed by atoms with Gasteiger partial charge in [0.1, 0.15) is 0 Å². The summed E-state index contributed by atoms with van der Waals surface area (Å²) in [4.78, 5) is 24.7. The first-order valence-corrected chi connectivity index (χ1v) is 6.00. The van der Waals surface area contributed by atoms with Gasteiger partial charge >= 0.3 is 5.97 Å². The smallest absolute Gasteiger partial charge is 0.339 e. The molecule has 1 aliphatic rings. The molecule has 1 aromatic rings. The van der Waals surface area contributed by atoms with Gasteiger partial charge in [0.2, 0.25) is 5.91 Å². The molecule has 0 aliphatic carbocycles. The maximum atomic E-state index is 11.4. The highest BCUT2D eigenvalue weighted by molar-refractivity contribution is 5.84. The summed E-state index contributed by atoms with van der Waals surface area (Å²) in [6.07, 6.45) is -1.34. The average molecular weight is 264 g/mol. The highest BCUT2D eigenvalue weighted by Gasteiger charge is 2.25. The molecular weight excluding hydrogens is 248 g/mol. The first kappa shape index (κ1) is 13.4. The van der Waals surface area contributed by atoms with E-state index in [4.69, 9.17) is 0 Å². The van der Waals surface area contributed by atoms with Crippen molar-refractivity contribution in [2.24, 2.45) is 0 Å². The van der Waals surface area contributed by atoms with Gasteiger partial charge in [-0.05, 0) is 6.07 Å². The van der Waals surface area contributed by atoms with Gasteiger partial charge in [-0.3, -0.25) is 4.79 Å². The first-order valence-electron chi connectivity index (χ1n) is 6.00. The molecule has 1 heterocycles. The lowest BCUT2D eigenvalue weighted by Crippen LogP contribution is -2.48. The Kier molecular flexibility index (Phi) is 4.01. The number of amides is 1. The van der Waals surface area contributed by atoms with Crippen molar-refractivity contribution in [3.05, 3.63) is 29.8 Å². The summed E-state index contributed by atoms with van der Waals surface area (Å²) >= 11 is 0. The van der Waals surface area contributed by atoms with Gasteiger partial charge in [0.05, 0.1) is 13.7 Å². The van der Waals surface area contributed by atoms with Crippen LogP contribution in [0.15, 0.2) is 24.3 Å². The Balaban J connectivity index is 2.30. The quantitative estimate of drug-likeness (QED) is 0.741. The van der Waals surface area contributed by atoms with Gasteiger partial charge in [0, 0.05) is 24.3 Å². The topological polar surface area (TPSA) is 78.9 Å². The van der Waals surface area contributed by atoms with E-state index in [1.165, 1.54) is 7.11 Å². The third-order valence-electron chi connectivity index (χ3n) is 3.03. The van der Waals surface area contributed by atoms with Crippen molar-refractivity contribution in [2.45, 2.75) is 6.10 Å². The molecule has 1 fully saturated rings. The van der Waals surface area contributed by atoms with E-state index in [2.05, 4.69) is 10.1 Å². The fourth-order valence-electron chi connectivity index (χ4n) is 2.09. The van der Waals surface area contributed by atoms with E-state index in [9.17, 15) is 14.7 Å². The number of rotatable bonds is 3. The summed E-state index contributed by atoms with van der Waals surface area (Å²) in [6, 6.07) is 6.97. The normalized spacial score (nSPS) is 16.7. The number of hydrogen-bond acceptors (Lipinski definition) is 5. The van der Waals surface area contributed by atoms with Crippen LogP contribution in [0.25, 0.3) is 0 Å². The average Bonchev–Trinajstić information content (AvgIpc) is 2.45. The lowest BCUT2D eigenvalue weighted by Gasteiger charge is -2.30. The largest absolute Gasteiger partial charge is 0.467 e. The molecule has 6 nitrogen and oxygen atoms in total. The highest BCUT2D eigenvalue weighted by atomic mass is 16.5. The third-order valence-corrected chi connectivity index (χ3v) is 3.03. The van der Waals surface area contributed by atoms with Gasteiger partial charge in [0.25, 0.3) is 0 Å². The summed E-state index contributed by atoms with van der Waals surface area (Å²) < 4.78 is 4.54. The number of esters is 1. The molecule has 102 valence electrons. The maximum absolute atomic E-state index is 11.4. The number of piperazine rings is 1. The van der Waals surface area contributed by atoms with Crippen molar-refractivity contribution in [3.8, 4) is 0 Å². The van der Waals surface area contributed by atoms with Crippen molar-refractivity contribution in [2.75, 3.05) is 31.6 Å². The minimum atomic E-state index is -1.34. The second kappa shape index (κ2) is 5.71. The van der Waals surface area contributed by atoms with Crippen LogP contribution in [0, 0.1) is 0 Å². The standard InChI is InChI=1S/C13H16N2O4/c1-19-13(18)12(17)9-4-2-3-5-10(9)15-7-6-14-11(16)8-15/h2-5,12,17H,6-8H2,1H3,(H,14,16). The molecule has 6 heteroatoms. The van der Waals surface area contributed by atoms with Crippen LogP contribution in [0.5, 0.6) is 0 Å². The second-order valence-corrected chi connectivity index (χ2v) is 4.26. The Bertz CT molecular complexity index is 489. The van der Waals surface area contributed by atoms with E-state index in [1.807, 2.05) is 4.90 Å². The fraction of sp³-hybridized carbons (Fsp3) is 0.385. The summed E-state index contributed by atoms with van der Waals surface area (Å²) in [5.74, 6) is -0.789. The Morgan fingerprint density at radius 3 is 2.89 bits per heavy atom. The summed E-state index contributed by atoms with van der Waals surface area (Å²) in [7, 11) is 1.22. The van der Waals surface area contributed by atoms with Gasteiger partial charge in [0.15, 0.2) is 6.10 Å². The van der Waals surface area contributed by atoms with Gasteiger partial charge in [-0.25, -0.2) is 4.79 Å². The monoisotopic (exact) mass is 264 g/mol. The van der Waals surface area contributed by atoms with E-state index >= 15 is 0 Å². The molecule has 0 radical (unpaired) electrons. The zero-order valence-corrected chi connectivity index (χ0v) is 10.6. The van der Waals surface area contributed by atoms with E-state index in [0.717, 1.165) is 0 Å². The van der Waals surface area contributed by atoms with E-state index < -0.39 is 12.1 Å². The molecule has 1 aliphatic heterocycles. The number of nitrogens with zero attached hydrogens (tertiary/aromatic N) is 1. The zero-order chi connectivity index (χ0) is 13.8. The maximum Gasteiger partial charge on any atom is 0.339 e. The van der Waals surface area contributed by atoms with Crippen LogP contribution in [0.3, 0.4) is 0 Å². The fourth-order valence-corrected chi connectivity index (χ4v) is 2.09. The van der Waals surface area contributed by atoms with Gasteiger partial charge < -0.3 is 20.1 Å². The molecule has 0 aromatic heterocycles. The molecule has 0 saturated carbocycles. The molecule has 1 atom stereocenters. The van der Waals surface area contributed by atoms with Gasteiger partial charge in [-0.15, -0.1) is 0 Å². The Labute approximate surface area is 111 Å². The number of benzene rings is 1. The number of para-hydroxylation sites is 1. The minimum absolute atomic E-state index is 0.0754. The molecule has 1 saturated heterocycles. The lowest BCUT2D eigenvalue weighted by molar-refractivity contribution is -0.150. The van der Waals surface area contributed by atoms with Crippen LogP contribution in [0.4, 0.5) is 5.69 Å². The number of aliphatic hydroxyl groups excluding tert-OH is 1. The van der Waals surface area contributed by atoms with E-state index in [0.29, 0.717) is 24.3 Å². The predicted molar refractivity (Wildman–Crippen MR) is 68.6 cm³/mol. The van der Waals surface area contributed by atoms with Crippen LogP contribution in [-0.4, -0.2) is 43.7 Å². The highest BCUT2D eigenvalue weighted by Crippen LogP contribution is 2.27. The predicted octanol–water partition coefficient (Wildman–Crippen LogP) is -0.171. The van der Waals surface area contributed by atoms with Crippen molar-refractivity contribution in [1.29, 1.82) is 0 Å². The van der Waals surface area contributed by atoms with Crippen molar-refractivity contribution in [1.82, 2.24) is 5.32 Å². The van der Waals surface area contributed by atoms with Crippen molar-refractivity contribution < 1.29 is 19.4 Å². The summed E-state index contributed by atoms with van der Waals surface area (Å²) in [5, 5.41) is 12.7. The lowest BCUT2D eigenvalue weighted by atomic mass is 10.1. The van der Waals surface area contributed by atoms with Crippen LogP contribution in [0.2, 0.25) is 0 Å². The van der Waals surface area contributed by atoms with Gasteiger partial charge in [-0.1, -0.05) is 18.2 Å². The van der Waals surface area contributed by atoms with Crippen LogP contribution >= 0.6 is 0 Å². The number of hydrogen-bond donors (Lipinski definition) is 2. The first-order chi connectivity index (χ1) is 9.13. The molecule has 2 N–H and O–H groups in total. The van der Waals surface area contributed by atoms with Gasteiger partial charge in [-0.2, -0.15) is 0 Å². The van der Waals surface area contributed by atoms with Crippen LogP contribution < -0.4 is 10.2 Å². The number of aliphatic hydroxyl groups is 1. The number of methoxy groups -OCH3 is 1. The van der Waals surface area contributed by atoms with Crippen LogP contribution in [-0.2, 0) is 14.3 Å². The Morgan fingerprint density at radius 2 is 2.21 bits per heavy atom. The Morgan fingerprint density at radius 1 is 1.47 bits per heavy atom. The Hall–Kier alpha value is -2.08. The minimum Gasteiger partial charge on any atom is -0.467 e. The molecule has 1 aromatic carbocycles.